The van der Waals surface area contributed by atoms with Crippen LogP contribution in [0.5, 0.6) is 0 Å². The minimum Gasteiger partial charge on any atom is -0.423 e. The molecule has 3 heteroatoms. The Morgan fingerprint density at radius 3 is 1.86 bits per heavy atom. The Labute approximate surface area is 133 Å². The van der Waals surface area contributed by atoms with Crippen molar-refractivity contribution in [3.63, 3.8) is 0 Å². The first-order chi connectivity index (χ1) is 13.6. The molecule has 0 bridgehead atoms. The number of benzene rings is 4. The zero-order valence-corrected chi connectivity index (χ0v) is 10.7. The summed E-state index contributed by atoms with van der Waals surface area (Å²) < 4.78 is 65.2. The Morgan fingerprint density at radius 1 is 0.667 bits per heavy atom. The summed E-state index contributed by atoms with van der Waals surface area (Å²) in [4.78, 5) is 0. The maximum absolute atomic E-state index is 9.63. The van der Waals surface area contributed by atoms with E-state index in [0.29, 0.717) is 0 Å². The topological polar surface area (TPSA) is 40.5 Å². The van der Waals surface area contributed by atoms with Gasteiger partial charge in [0.25, 0.3) is 0 Å². The third-order valence-corrected chi connectivity index (χ3v) is 3.46. The zero-order valence-electron chi connectivity index (χ0n) is 18.7. The van der Waals surface area contributed by atoms with E-state index in [1.807, 2.05) is 0 Å². The molecule has 0 aliphatic carbocycles. The number of hydrogen-bond acceptors (Lipinski definition) is 2. The standard InChI is InChI=1S/C18H13BO2/c20-19(21)12-9-10-17-15-7-2-1-5-13(15)14-6-3-4-8-16(14)18(17)11-12/h1-11,20-21H/i1D,2D,3D,4D,5D,6D,9D,11D. The Morgan fingerprint density at radius 2 is 1.24 bits per heavy atom. The van der Waals surface area contributed by atoms with Crippen molar-refractivity contribution in [2.45, 2.75) is 0 Å². The molecule has 0 saturated carbocycles. The lowest BCUT2D eigenvalue weighted by atomic mass is 9.78. The van der Waals surface area contributed by atoms with Gasteiger partial charge in [-0.05, 0) is 37.8 Å². The van der Waals surface area contributed by atoms with E-state index < -0.39 is 7.12 Å². The maximum Gasteiger partial charge on any atom is 0.488 e. The largest absolute Gasteiger partial charge is 0.488 e. The summed E-state index contributed by atoms with van der Waals surface area (Å²) in [5, 5.41) is 20.3. The number of fused-ring (bicyclic) bond motifs is 6. The summed E-state index contributed by atoms with van der Waals surface area (Å²) in [6.45, 7) is 0. The third-order valence-electron chi connectivity index (χ3n) is 3.46. The van der Waals surface area contributed by atoms with E-state index >= 15 is 0 Å². The van der Waals surface area contributed by atoms with Gasteiger partial charge in [-0.15, -0.1) is 0 Å². The van der Waals surface area contributed by atoms with Crippen LogP contribution in [0.4, 0.5) is 0 Å². The Kier molecular flexibility index (Phi) is 1.44. The normalized spacial score (nSPS) is 16.7. The van der Waals surface area contributed by atoms with Crippen molar-refractivity contribution >= 4 is 44.9 Å². The molecule has 0 spiro atoms. The van der Waals surface area contributed by atoms with Gasteiger partial charge in [-0.3, -0.25) is 0 Å². The molecular formula is C18H13BO2. The van der Waals surface area contributed by atoms with Crippen molar-refractivity contribution < 1.29 is 21.0 Å². The van der Waals surface area contributed by atoms with Crippen molar-refractivity contribution in [3.8, 4) is 0 Å². The highest BCUT2D eigenvalue weighted by molar-refractivity contribution is 6.59. The molecule has 4 rings (SSSR count). The average Bonchev–Trinajstić information content (AvgIpc) is 2.64. The predicted molar refractivity (Wildman–Crippen MR) is 88.8 cm³/mol. The Hall–Kier alpha value is -2.36. The lowest BCUT2D eigenvalue weighted by Gasteiger charge is -2.11. The van der Waals surface area contributed by atoms with Gasteiger partial charge in [0.15, 0.2) is 0 Å². The van der Waals surface area contributed by atoms with Gasteiger partial charge in [-0.2, -0.15) is 0 Å². The quantitative estimate of drug-likeness (QED) is 0.416. The molecule has 0 heterocycles. The first-order valence-electron chi connectivity index (χ1n) is 10.3. The molecule has 0 aliphatic rings. The van der Waals surface area contributed by atoms with Gasteiger partial charge in [0.1, 0.15) is 0 Å². The monoisotopic (exact) mass is 280 g/mol. The highest BCUT2D eigenvalue weighted by Crippen LogP contribution is 2.34. The average molecular weight is 280 g/mol. The summed E-state index contributed by atoms with van der Waals surface area (Å²) in [6.07, 6.45) is 0. The fraction of sp³-hybridized carbons (Fsp3) is 0. The summed E-state index contributed by atoms with van der Waals surface area (Å²) in [6, 6.07) is 1.21. The molecule has 0 unspecified atom stereocenters. The van der Waals surface area contributed by atoms with E-state index in [2.05, 4.69) is 0 Å². The number of rotatable bonds is 1. The van der Waals surface area contributed by atoms with E-state index in [1.165, 1.54) is 18.2 Å². The summed E-state index contributed by atoms with van der Waals surface area (Å²) in [5.41, 5.74) is -0.347. The van der Waals surface area contributed by atoms with Crippen molar-refractivity contribution in [1.82, 2.24) is 0 Å². The third kappa shape index (κ3) is 1.83. The molecule has 4 aromatic rings. The van der Waals surface area contributed by atoms with Crippen molar-refractivity contribution in [2.24, 2.45) is 0 Å². The molecule has 0 aromatic heterocycles. The highest BCUT2D eigenvalue weighted by atomic mass is 16.4. The summed E-state index contributed by atoms with van der Waals surface area (Å²) in [7, 11) is -2.08. The van der Waals surface area contributed by atoms with Crippen LogP contribution < -0.4 is 5.46 Å². The van der Waals surface area contributed by atoms with E-state index in [-0.39, 0.29) is 86.1 Å². The second kappa shape index (κ2) is 4.59. The molecule has 0 radical (unpaired) electrons. The minimum atomic E-state index is -2.08. The van der Waals surface area contributed by atoms with Crippen LogP contribution in [0.15, 0.2) is 66.5 Å². The van der Waals surface area contributed by atoms with Crippen LogP contribution >= 0.6 is 0 Å². The van der Waals surface area contributed by atoms with E-state index in [9.17, 15) is 10.0 Å². The number of hydrogen-bond donors (Lipinski definition) is 2. The minimum absolute atomic E-state index is 0.0802. The van der Waals surface area contributed by atoms with Gasteiger partial charge < -0.3 is 10.0 Å². The van der Waals surface area contributed by atoms with Gasteiger partial charge >= 0.3 is 7.12 Å². The van der Waals surface area contributed by atoms with Crippen LogP contribution in [0, 0.1) is 0 Å². The molecule has 0 amide bonds. The van der Waals surface area contributed by atoms with Crippen molar-refractivity contribution in [2.75, 3.05) is 0 Å². The fourth-order valence-electron chi connectivity index (χ4n) is 2.52. The zero-order chi connectivity index (χ0) is 21.4. The molecular weight excluding hydrogens is 259 g/mol. The molecule has 0 saturated heterocycles. The molecule has 21 heavy (non-hydrogen) atoms. The first kappa shape index (κ1) is 6.61. The van der Waals surface area contributed by atoms with Crippen molar-refractivity contribution in [3.05, 3.63) is 66.5 Å². The van der Waals surface area contributed by atoms with Crippen LogP contribution in [0.25, 0.3) is 32.3 Å². The lowest BCUT2D eigenvalue weighted by Crippen LogP contribution is -2.29. The molecule has 0 fully saturated rings. The molecule has 4 aromatic carbocycles. The molecule has 2 N–H and O–H groups in total. The van der Waals surface area contributed by atoms with Crippen LogP contribution in [-0.2, 0) is 0 Å². The smallest absolute Gasteiger partial charge is 0.423 e. The van der Waals surface area contributed by atoms with E-state index in [1.54, 1.807) is 0 Å². The van der Waals surface area contributed by atoms with Crippen LogP contribution in [0.3, 0.4) is 0 Å². The van der Waals surface area contributed by atoms with Crippen LogP contribution in [0.1, 0.15) is 11.0 Å². The summed E-state index contributed by atoms with van der Waals surface area (Å²) in [5.74, 6) is 0. The molecule has 0 aliphatic heterocycles. The second-order valence-corrected chi connectivity index (χ2v) is 4.64. The second-order valence-electron chi connectivity index (χ2n) is 4.64. The van der Waals surface area contributed by atoms with Gasteiger partial charge in [0.05, 0.1) is 11.0 Å². The van der Waals surface area contributed by atoms with Gasteiger partial charge in [0, 0.05) is 0 Å². The van der Waals surface area contributed by atoms with Crippen LogP contribution in [0.2, 0.25) is 0 Å². The van der Waals surface area contributed by atoms with Gasteiger partial charge in [0.2, 0.25) is 0 Å². The van der Waals surface area contributed by atoms with Gasteiger partial charge in [-0.25, -0.2) is 0 Å². The van der Waals surface area contributed by atoms with E-state index in [4.69, 9.17) is 11.0 Å². The lowest BCUT2D eigenvalue weighted by molar-refractivity contribution is 0.426. The highest BCUT2D eigenvalue weighted by Gasteiger charge is 2.13. The van der Waals surface area contributed by atoms with Crippen molar-refractivity contribution in [1.29, 1.82) is 0 Å². The first-order valence-corrected chi connectivity index (χ1v) is 6.29. The Balaban J connectivity index is 2.49. The fourth-order valence-corrected chi connectivity index (χ4v) is 2.52. The molecule has 100 valence electrons. The Bertz CT molecular complexity index is 1370. The van der Waals surface area contributed by atoms with E-state index in [0.717, 1.165) is 0 Å². The predicted octanol–water partition coefficient (Wildman–Crippen LogP) is 2.83. The molecule has 0 atom stereocenters. The van der Waals surface area contributed by atoms with Gasteiger partial charge in [-0.1, -0.05) is 66.5 Å². The maximum atomic E-state index is 9.63. The SMILES string of the molecule is [2H]c1cc2c3cc([2H])c(B(O)O)c([2H])c3c3cc([2H])c([2H])c([2H])c3c2c([2H])c1[2H]. The van der Waals surface area contributed by atoms with Crippen LogP contribution in [-0.4, -0.2) is 17.2 Å². The summed E-state index contributed by atoms with van der Waals surface area (Å²) >= 11 is 0. The molecule has 2 nitrogen and oxygen atoms in total.